The van der Waals surface area contributed by atoms with Crippen molar-refractivity contribution in [3.63, 3.8) is 0 Å². The number of rotatable bonds is 10. The second-order valence-corrected chi connectivity index (χ2v) is 4.47. The van der Waals surface area contributed by atoms with Gasteiger partial charge in [-0.3, -0.25) is 0 Å². The molecule has 0 saturated heterocycles. The lowest BCUT2D eigenvalue weighted by Crippen LogP contribution is -1.98. The average molecular weight is 233 g/mol. The quantitative estimate of drug-likeness (QED) is 0.544. The van der Waals surface area contributed by atoms with Crippen molar-refractivity contribution in [2.45, 2.75) is 44.9 Å². The predicted octanol–water partition coefficient (Wildman–Crippen LogP) is 4.42. The highest BCUT2D eigenvalue weighted by Gasteiger charge is 1.93. The maximum atomic E-state index is 5.62. The molecule has 0 heterocycles. The van der Waals surface area contributed by atoms with Crippen LogP contribution in [-0.2, 0) is 11.2 Å². The first-order valence-electron chi connectivity index (χ1n) is 6.84. The zero-order valence-corrected chi connectivity index (χ0v) is 10.9. The first kappa shape index (κ1) is 14.2. The van der Waals surface area contributed by atoms with Crippen LogP contribution in [0.25, 0.3) is 0 Å². The van der Waals surface area contributed by atoms with E-state index in [2.05, 4.69) is 37.3 Å². The van der Waals surface area contributed by atoms with E-state index in [1.807, 2.05) is 0 Å². The van der Waals surface area contributed by atoms with Crippen LogP contribution in [0.4, 0.5) is 0 Å². The van der Waals surface area contributed by atoms with Crippen molar-refractivity contribution in [3.05, 3.63) is 42.8 Å². The highest BCUT2D eigenvalue weighted by atomic mass is 16.5. The van der Waals surface area contributed by atoms with Crippen molar-refractivity contribution >= 4 is 0 Å². The Bertz CT molecular complexity index is 255. The minimum atomic E-state index is 0.893. The van der Waals surface area contributed by atoms with E-state index in [0.29, 0.717) is 0 Å². The predicted molar refractivity (Wildman–Crippen MR) is 74.0 cm³/mol. The van der Waals surface area contributed by atoms with Gasteiger partial charge in [-0.05, 0) is 24.8 Å². The molecule has 0 N–H and O–H groups in total. The second-order valence-electron chi connectivity index (χ2n) is 4.47. The Labute approximate surface area is 106 Å². The van der Waals surface area contributed by atoms with Gasteiger partial charge in [0.1, 0.15) is 0 Å². The summed E-state index contributed by atoms with van der Waals surface area (Å²) in [6.45, 7) is 5.66. The normalized spacial score (nSPS) is 10.6. The number of ether oxygens (including phenoxy) is 1. The van der Waals surface area contributed by atoms with Gasteiger partial charge in [-0.2, -0.15) is 0 Å². The molecule has 0 fully saturated rings. The van der Waals surface area contributed by atoms with Crippen LogP contribution >= 0.6 is 0 Å². The minimum absolute atomic E-state index is 0.893. The van der Waals surface area contributed by atoms with Gasteiger partial charge < -0.3 is 4.74 Å². The molecular weight excluding hydrogens is 208 g/mol. The van der Waals surface area contributed by atoms with Crippen molar-refractivity contribution in [1.82, 2.24) is 0 Å². The third kappa shape index (κ3) is 7.98. The van der Waals surface area contributed by atoms with Crippen molar-refractivity contribution in [1.29, 1.82) is 0 Å². The number of hydrogen-bond donors (Lipinski definition) is 0. The number of benzene rings is 1. The van der Waals surface area contributed by atoms with Crippen LogP contribution in [0.5, 0.6) is 0 Å². The standard InChI is InChI=1S/C16H25O/c1-2-3-4-5-9-14-17-15-10-13-16-11-7-6-8-12-16/h6-8,11-12H,1-5,9-10,13-15H2. The Morgan fingerprint density at radius 2 is 1.53 bits per heavy atom. The summed E-state index contributed by atoms with van der Waals surface area (Å²) in [5.74, 6) is 0. The van der Waals surface area contributed by atoms with E-state index < -0.39 is 0 Å². The molecule has 1 nitrogen and oxygen atoms in total. The summed E-state index contributed by atoms with van der Waals surface area (Å²) in [4.78, 5) is 0. The fourth-order valence-electron chi connectivity index (χ4n) is 1.86. The van der Waals surface area contributed by atoms with Crippen LogP contribution in [-0.4, -0.2) is 13.2 Å². The molecular formula is C16H25O. The Kier molecular flexibility index (Phi) is 8.66. The third-order valence-electron chi connectivity index (χ3n) is 2.89. The zero-order chi connectivity index (χ0) is 12.2. The Morgan fingerprint density at radius 1 is 0.824 bits per heavy atom. The van der Waals surface area contributed by atoms with Crippen LogP contribution in [0.2, 0.25) is 0 Å². The summed E-state index contributed by atoms with van der Waals surface area (Å²) >= 11 is 0. The van der Waals surface area contributed by atoms with Crippen molar-refractivity contribution in [2.75, 3.05) is 13.2 Å². The van der Waals surface area contributed by atoms with Gasteiger partial charge >= 0.3 is 0 Å². The average Bonchev–Trinajstić information content (AvgIpc) is 2.38. The molecule has 0 spiro atoms. The van der Waals surface area contributed by atoms with Gasteiger partial charge in [-0.15, -0.1) is 0 Å². The van der Waals surface area contributed by atoms with Crippen molar-refractivity contribution in [3.8, 4) is 0 Å². The highest BCUT2D eigenvalue weighted by Crippen LogP contribution is 2.04. The van der Waals surface area contributed by atoms with Crippen molar-refractivity contribution in [2.24, 2.45) is 0 Å². The van der Waals surface area contributed by atoms with Crippen LogP contribution < -0.4 is 0 Å². The van der Waals surface area contributed by atoms with Crippen LogP contribution in [0.15, 0.2) is 30.3 Å². The van der Waals surface area contributed by atoms with Crippen LogP contribution in [0.1, 0.15) is 44.1 Å². The van der Waals surface area contributed by atoms with E-state index in [0.717, 1.165) is 32.5 Å². The molecule has 0 aliphatic heterocycles. The molecule has 1 aromatic carbocycles. The molecule has 0 aliphatic carbocycles. The van der Waals surface area contributed by atoms with E-state index in [9.17, 15) is 0 Å². The first-order valence-corrected chi connectivity index (χ1v) is 6.84. The summed E-state index contributed by atoms with van der Waals surface area (Å²) in [5.41, 5.74) is 1.41. The van der Waals surface area contributed by atoms with Gasteiger partial charge in [0.15, 0.2) is 0 Å². The maximum Gasteiger partial charge on any atom is 0.0469 e. The second kappa shape index (κ2) is 10.3. The molecule has 0 aliphatic rings. The maximum absolute atomic E-state index is 5.62. The summed E-state index contributed by atoms with van der Waals surface area (Å²) in [5, 5.41) is 0. The lowest BCUT2D eigenvalue weighted by atomic mass is 10.1. The first-order chi connectivity index (χ1) is 8.43. The molecule has 0 atom stereocenters. The largest absolute Gasteiger partial charge is 0.381 e. The zero-order valence-electron chi connectivity index (χ0n) is 10.9. The summed E-state index contributed by atoms with van der Waals surface area (Å²) in [6, 6.07) is 10.6. The van der Waals surface area contributed by atoms with Crippen molar-refractivity contribution < 1.29 is 4.74 Å². The van der Waals surface area contributed by atoms with E-state index in [4.69, 9.17) is 4.74 Å². The lowest BCUT2D eigenvalue weighted by molar-refractivity contribution is 0.127. The van der Waals surface area contributed by atoms with Crippen LogP contribution in [0.3, 0.4) is 0 Å². The molecule has 0 amide bonds. The number of unbranched alkanes of at least 4 members (excludes halogenated alkanes) is 4. The lowest BCUT2D eigenvalue weighted by Gasteiger charge is -2.04. The van der Waals surface area contributed by atoms with Gasteiger partial charge in [0, 0.05) is 13.2 Å². The Hall–Kier alpha value is -0.820. The number of hydrogen-bond acceptors (Lipinski definition) is 1. The van der Waals surface area contributed by atoms with Gasteiger partial charge in [0.25, 0.3) is 0 Å². The summed E-state index contributed by atoms with van der Waals surface area (Å²) in [7, 11) is 0. The molecule has 0 bridgehead atoms. The summed E-state index contributed by atoms with van der Waals surface area (Å²) in [6.07, 6.45) is 8.37. The molecule has 0 saturated carbocycles. The van der Waals surface area contributed by atoms with E-state index in [1.54, 1.807) is 0 Å². The Morgan fingerprint density at radius 3 is 2.29 bits per heavy atom. The van der Waals surface area contributed by atoms with E-state index in [-0.39, 0.29) is 0 Å². The van der Waals surface area contributed by atoms with E-state index >= 15 is 0 Å². The molecule has 1 rings (SSSR count). The summed E-state index contributed by atoms with van der Waals surface area (Å²) < 4.78 is 5.62. The monoisotopic (exact) mass is 233 g/mol. The molecule has 0 aromatic heterocycles. The third-order valence-corrected chi connectivity index (χ3v) is 2.89. The van der Waals surface area contributed by atoms with Gasteiger partial charge in [0.2, 0.25) is 0 Å². The highest BCUT2D eigenvalue weighted by molar-refractivity contribution is 5.14. The molecule has 95 valence electrons. The topological polar surface area (TPSA) is 9.23 Å². The van der Waals surface area contributed by atoms with Gasteiger partial charge in [0.05, 0.1) is 0 Å². The molecule has 1 radical (unpaired) electrons. The van der Waals surface area contributed by atoms with E-state index in [1.165, 1.54) is 31.2 Å². The molecule has 0 unspecified atom stereocenters. The molecule has 1 heteroatoms. The fraction of sp³-hybridized carbons (Fsp3) is 0.562. The molecule has 1 aromatic rings. The van der Waals surface area contributed by atoms with Crippen LogP contribution in [0, 0.1) is 6.92 Å². The minimum Gasteiger partial charge on any atom is -0.381 e. The molecule has 17 heavy (non-hydrogen) atoms. The number of aryl methyl sites for hydroxylation is 1. The smallest absolute Gasteiger partial charge is 0.0469 e. The fourth-order valence-corrected chi connectivity index (χ4v) is 1.86. The van der Waals surface area contributed by atoms with Gasteiger partial charge in [-0.25, -0.2) is 0 Å². The Balaban J connectivity index is 1.85. The SMILES string of the molecule is [CH2]CCCCCCOCCCc1ccccc1. The van der Waals surface area contributed by atoms with Gasteiger partial charge in [-0.1, -0.05) is 62.9 Å².